The molecule has 128 valence electrons. The van der Waals surface area contributed by atoms with E-state index >= 15 is 0 Å². The average Bonchev–Trinajstić information content (AvgIpc) is 2.55. The molecule has 2 aromatic rings. The van der Waals surface area contributed by atoms with E-state index < -0.39 is 0 Å². The number of rotatable bonds is 5. The molecule has 0 aliphatic carbocycles. The maximum absolute atomic E-state index is 12.1. The first-order valence-corrected chi connectivity index (χ1v) is 8.15. The molecule has 0 aromatic heterocycles. The van der Waals surface area contributed by atoms with Crippen LogP contribution in [0.25, 0.3) is 0 Å². The standard InChI is InChI=1S/C20H27N3O/c1-14(22(2)3)16-9-10-19(21)18(13-16)12-15-7-6-8-17(11-15)20(24)23(4)5/h6-11,13-14H,12,21H2,1-5H3. The Bertz CT molecular complexity index is 723. The fourth-order valence-corrected chi connectivity index (χ4v) is 2.63. The van der Waals surface area contributed by atoms with Crippen molar-refractivity contribution in [3.63, 3.8) is 0 Å². The number of benzene rings is 2. The molecule has 4 heteroatoms. The molecule has 0 spiro atoms. The van der Waals surface area contributed by atoms with E-state index in [1.165, 1.54) is 5.56 Å². The van der Waals surface area contributed by atoms with E-state index in [2.05, 4.69) is 38.1 Å². The zero-order valence-corrected chi connectivity index (χ0v) is 15.2. The Hall–Kier alpha value is -2.33. The van der Waals surface area contributed by atoms with Gasteiger partial charge in [0.15, 0.2) is 0 Å². The molecule has 1 unspecified atom stereocenters. The smallest absolute Gasteiger partial charge is 0.253 e. The van der Waals surface area contributed by atoms with Gasteiger partial charge < -0.3 is 15.5 Å². The number of nitrogens with zero attached hydrogens (tertiary/aromatic N) is 2. The molecule has 2 N–H and O–H groups in total. The van der Waals surface area contributed by atoms with Crippen LogP contribution < -0.4 is 5.73 Å². The van der Waals surface area contributed by atoms with Crippen molar-refractivity contribution in [3.8, 4) is 0 Å². The summed E-state index contributed by atoms with van der Waals surface area (Å²) in [5, 5.41) is 0. The van der Waals surface area contributed by atoms with Gasteiger partial charge in [-0.15, -0.1) is 0 Å². The Morgan fingerprint density at radius 2 is 1.79 bits per heavy atom. The highest BCUT2D eigenvalue weighted by molar-refractivity contribution is 5.94. The third kappa shape index (κ3) is 4.15. The van der Waals surface area contributed by atoms with Crippen LogP contribution in [0.4, 0.5) is 5.69 Å². The van der Waals surface area contributed by atoms with Gasteiger partial charge in [-0.3, -0.25) is 4.79 Å². The lowest BCUT2D eigenvalue weighted by Crippen LogP contribution is -2.21. The predicted molar refractivity (Wildman–Crippen MR) is 100 cm³/mol. The van der Waals surface area contributed by atoms with Crippen molar-refractivity contribution >= 4 is 11.6 Å². The molecule has 0 aliphatic heterocycles. The third-order valence-corrected chi connectivity index (χ3v) is 4.40. The first-order chi connectivity index (χ1) is 11.3. The number of carbonyl (C=O) groups excluding carboxylic acids is 1. The Balaban J connectivity index is 2.29. The van der Waals surface area contributed by atoms with Crippen LogP contribution in [-0.4, -0.2) is 43.9 Å². The molecule has 1 atom stereocenters. The lowest BCUT2D eigenvalue weighted by molar-refractivity contribution is 0.0827. The fourth-order valence-electron chi connectivity index (χ4n) is 2.63. The van der Waals surface area contributed by atoms with Crippen molar-refractivity contribution in [1.82, 2.24) is 9.80 Å². The zero-order chi connectivity index (χ0) is 17.9. The molecule has 4 nitrogen and oxygen atoms in total. The molecule has 2 aromatic carbocycles. The van der Waals surface area contributed by atoms with Gasteiger partial charge in [-0.25, -0.2) is 0 Å². The van der Waals surface area contributed by atoms with Gasteiger partial charge in [-0.05, 0) is 62.3 Å². The maximum atomic E-state index is 12.1. The summed E-state index contributed by atoms with van der Waals surface area (Å²) in [6, 6.07) is 14.3. The summed E-state index contributed by atoms with van der Waals surface area (Å²) in [5.41, 5.74) is 11.1. The van der Waals surface area contributed by atoms with Crippen molar-refractivity contribution in [2.45, 2.75) is 19.4 Å². The van der Waals surface area contributed by atoms with Gasteiger partial charge in [-0.2, -0.15) is 0 Å². The van der Waals surface area contributed by atoms with E-state index in [1.54, 1.807) is 19.0 Å². The minimum atomic E-state index is 0.0137. The molecule has 0 saturated heterocycles. The highest BCUT2D eigenvalue weighted by Gasteiger charge is 2.12. The summed E-state index contributed by atoms with van der Waals surface area (Å²) in [6.45, 7) is 2.17. The Morgan fingerprint density at radius 1 is 1.08 bits per heavy atom. The normalized spacial score (nSPS) is 12.2. The zero-order valence-electron chi connectivity index (χ0n) is 15.2. The summed E-state index contributed by atoms with van der Waals surface area (Å²) in [7, 11) is 7.66. The largest absolute Gasteiger partial charge is 0.398 e. The number of hydrogen-bond donors (Lipinski definition) is 1. The van der Waals surface area contributed by atoms with Crippen molar-refractivity contribution in [3.05, 3.63) is 64.7 Å². The van der Waals surface area contributed by atoms with Crippen molar-refractivity contribution < 1.29 is 4.79 Å². The van der Waals surface area contributed by atoms with Gasteiger partial charge >= 0.3 is 0 Å². The van der Waals surface area contributed by atoms with E-state index in [1.807, 2.05) is 30.3 Å². The monoisotopic (exact) mass is 325 g/mol. The topological polar surface area (TPSA) is 49.6 Å². The lowest BCUT2D eigenvalue weighted by Gasteiger charge is -2.21. The van der Waals surface area contributed by atoms with Gasteiger partial charge in [0.2, 0.25) is 0 Å². The molecule has 0 aliphatic rings. The number of nitrogens with two attached hydrogens (primary N) is 1. The van der Waals surface area contributed by atoms with Crippen LogP contribution in [0.2, 0.25) is 0 Å². The third-order valence-electron chi connectivity index (χ3n) is 4.40. The quantitative estimate of drug-likeness (QED) is 0.859. The van der Waals surface area contributed by atoms with Crippen LogP contribution in [-0.2, 0) is 6.42 Å². The molecular weight excluding hydrogens is 298 g/mol. The minimum absolute atomic E-state index is 0.0137. The number of hydrogen-bond acceptors (Lipinski definition) is 3. The van der Waals surface area contributed by atoms with Crippen LogP contribution in [0, 0.1) is 0 Å². The minimum Gasteiger partial charge on any atom is -0.398 e. The van der Waals surface area contributed by atoms with Crippen LogP contribution >= 0.6 is 0 Å². The number of carbonyl (C=O) groups is 1. The second-order valence-electron chi connectivity index (χ2n) is 6.67. The van der Waals surface area contributed by atoms with Gasteiger partial charge in [-0.1, -0.05) is 24.3 Å². The predicted octanol–water partition coefficient (Wildman–Crippen LogP) is 3.18. The summed E-state index contributed by atoms with van der Waals surface area (Å²) >= 11 is 0. The summed E-state index contributed by atoms with van der Waals surface area (Å²) < 4.78 is 0. The molecule has 1 amide bonds. The van der Waals surface area contributed by atoms with Crippen LogP contribution in [0.1, 0.15) is 40.0 Å². The number of anilines is 1. The lowest BCUT2D eigenvalue weighted by atomic mass is 9.97. The highest BCUT2D eigenvalue weighted by Crippen LogP contribution is 2.24. The molecule has 0 heterocycles. The van der Waals surface area contributed by atoms with Gasteiger partial charge in [0.05, 0.1) is 0 Å². The van der Waals surface area contributed by atoms with Crippen LogP contribution in [0.3, 0.4) is 0 Å². The van der Waals surface area contributed by atoms with Gasteiger partial charge in [0.25, 0.3) is 5.91 Å². The number of amides is 1. The fraction of sp³-hybridized carbons (Fsp3) is 0.350. The SMILES string of the molecule is CC(c1ccc(N)c(Cc2cccc(C(=O)N(C)C)c2)c1)N(C)C. The summed E-state index contributed by atoms with van der Waals surface area (Å²) in [5.74, 6) is 0.0137. The summed E-state index contributed by atoms with van der Waals surface area (Å²) in [6.07, 6.45) is 0.717. The van der Waals surface area contributed by atoms with Crippen LogP contribution in [0.5, 0.6) is 0 Å². The van der Waals surface area contributed by atoms with Crippen molar-refractivity contribution in [2.75, 3.05) is 33.9 Å². The second-order valence-corrected chi connectivity index (χ2v) is 6.67. The molecule has 24 heavy (non-hydrogen) atoms. The van der Waals surface area contributed by atoms with E-state index in [0.717, 1.165) is 16.8 Å². The Labute approximate surface area is 144 Å². The highest BCUT2D eigenvalue weighted by atomic mass is 16.2. The second kappa shape index (κ2) is 7.49. The first kappa shape index (κ1) is 18.0. The van der Waals surface area contributed by atoms with Gasteiger partial charge in [0, 0.05) is 31.4 Å². The van der Waals surface area contributed by atoms with E-state index in [9.17, 15) is 4.79 Å². The molecule has 0 saturated carbocycles. The van der Waals surface area contributed by atoms with E-state index in [4.69, 9.17) is 5.73 Å². The Kier molecular flexibility index (Phi) is 5.62. The number of nitrogen functional groups attached to an aromatic ring is 1. The summed E-state index contributed by atoms with van der Waals surface area (Å²) in [4.78, 5) is 15.9. The van der Waals surface area contributed by atoms with E-state index in [0.29, 0.717) is 18.0 Å². The molecule has 2 rings (SSSR count). The molecule has 0 radical (unpaired) electrons. The van der Waals surface area contributed by atoms with E-state index in [-0.39, 0.29) is 5.91 Å². The van der Waals surface area contributed by atoms with Crippen molar-refractivity contribution in [1.29, 1.82) is 0 Å². The maximum Gasteiger partial charge on any atom is 0.253 e. The molecular formula is C20H27N3O. The van der Waals surface area contributed by atoms with Crippen molar-refractivity contribution in [2.24, 2.45) is 0 Å². The van der Waals surface area contributed by atoms with Crippen LogP contribution in [0.15, 0.2) is 42.5 Å². The Morgan fingerprint density at radius 3 is 2.42 bits per heavy atom. The first-order valence-electron chi connectivity index (χ1n) is 8.15. The van der Waals surface area contributed by atoms with Gasteiger partial charge in [0.1, 0.15) is 0 Å². The molecule has 0 fully saturated rings. The average molecular weight is 325 g/mol. The molecule has 0 bridgehead atoms.